The molecule has 1 aliphatic rings. The van der Waals surface area contributed by atoms with Gasteiger partial charge < -0.3 is 19.9 Å². The first kappa shape index (κ1) is 22.6. The lowest BCUT2D eigenvalue weighted by atomic mass is 9.97. The number of carbonyl (C=O) groups is 1. The second-order valence-electron chi connectivity index (χ2n) is 7.87. The molecule has 1 amide bonds. The van der Waals surface area contributed by atoms with E-state index in [1.165, 1.54) is 6.07 Å². The smallest absolute Gasteiger partial charge is 0.258 e. The zero-order valence-corrected chi connectivity index (χ0v) is 18.1. The van der Waals surface area contributed by atoms with Crippen LogP contribution in [0.2, 0.25) is 0 Å². The van der Waals surface area contributed by atoms with E-state index < -0.39 is 11.7 Å². The number of nitrogens with zero attached hydrogens (tertiary/aromatic N) is 4. The van der Waals surface area contributed by atoms with E-state index in [0.29, 0.717) is 18.1 Å². The van der Waals surface area contributed by atoms with Gasteiger partial charge in [0.05, 0.1) is 18.2 Å². The van der Waals surface area contributed by atoms with Crippen LogP contribution in [0, 0.1) is 5.82 Å². The van der Waals surface area contributed by atoms with Crippen molar-refractivity contribution in [1.82, 2.24) is 25.0 Å². The Morgan fingerprint density at radius 3 is 2.94 bits per heavy atom. The number of fused-ring (bicyclic) bond motifs is 1. The topological polar surface area (TPSA) is 83.3 Å². The number of halogens is 1. The lowest BCUT2D eigenvalue weighted by Crippen LogP contribution is -2.28. The molecule has 0 saturated carbocycles. The molecular weight excluding hydrogens is 397 g/mol. The number of amides is 1. The monoisotopic (exact) mass is 425 g/mol. The van der Waals surface area contributed by atoms with Crippen LogP contribution in [-0.4, -0.2) is 50.9 Å². The van der Waals surface area contributed by atoms with Crippen molar-refractivity contribution in [3.63, 3.8) is 0 Å². The molecule has 1 aliphatic heterocycles. The van der Waals surface area contributed by atoms with Gasteiger partial charge in [0.25, 0.3) is 5.91 Å². The second-order valence-corrected chi connectivity index (χ2v) is 7.87. The minimum atomic E-state index is -0.527. The van der Waals surface area contributed by atoms with Gasteiger partial charge in [-0.3, -0.25) is 4.79 Å². The van der Waals surface area contributed by atoms with Gasteiger partial charge in [0.15, 0.2) is 5.82 Å². The summed E-state index contributed by atoms with van der Waals surface area (Å²) in [6.45, 7) is 9.11. The van der Waals surface area contributed by atoms with Crippen LogP contribution in [0.1, 0.15) is 47.2 Å². The summed E-state index contributed by atoms with van der Waals surface area (Å²) in [6.07, 6.45) is 7.50. The third-order valence-corrected chi connectivity index (χ3v) is 5.32. The Hall–Kier alpha value is -3.10. The van der Waals surface area contributed by atoms with Crippen LogP contribution in [0.4, 0.5) is 4.39 Å². The summed E-state index contributed by atoms with van der Waals surface area (Å²) in [6, 6.07) is 2.95. The number of rotatable bonds is 7. The molecule has 7 nitrogen and oxygen atoms in total. The molecule has 8 heteroatoms. The van der Waals surface area contributed by atoms with Crippen LogP contribution in [0.5, 0.6) is 0 Å². The normalized spacial score (nSPS) is 15.7. The second kappa shape index (κ2) is 9.80. The van der Waals surface area contributed by atoms with Gasteiger partial charge in [-0.2, -0.15) is 0 Å². The first-order valence-corrected chi connectivity index (χ1v) is 10.2. The van der Waals surface area contributed by atoms with Gasteiger partial charge in [-0.1, -0.05) is 18.7 Å². The minimum Gasteiger partial charge on any atom is -0.394 e. The molecular formula is C23H28FN5O2. The van der Waals surface area contributed by atoms with E-state index in [-0.39, 0.29) is 18.2 Å². The quantitative estimate of drug-likeness (QED) is 0.667. The molecule has 1 atom stereocenters. The Morgan fingerprint density at radius 2 is 2.19 bits per heavy atom. The molecule has 0 saturated heterocycles. The molecule has 164 valence electrons. The third-order valence-electron chi connectivity index (χ3n) is 5.32. The first-order chi connectivity index (χ1) is 14.8. The maximum atomic E-state index is 14.5. The number of carbonyl (C=O) groups excluding carboxylic acids is 1. The van der Waals surface area contributed by atoms with E-state index in [1.807, 2.05) is 20.9 Å². The number of aliphatic hydroxyl groups is 1. The molecule has 3 rings (SSSR count). The first-order valence-electron chi connectivity index (χ1n) is 10.2. The van der Waals surface area contributed by atoms with Gasteiger partial charge in [-0.15, -0.1) is 10.2 Å². The molecule has 0 bridgehead atoms. The molecule has 2 aromatic rings. The van der Waals surface area contributed by atoms with Crippen LogP contribution in [-0.2, 0) is 13.0 Å². The van der Waals surface area contributed by atoms with Gasteiger partial charge in [0, 0.05) is 18.8 Å². The summed E-state index contributed by atoms with van der Waals surface area (Å²) in [7, 11) is 2.00. The van der Waals surface area contributed by atoms with Gasteiger partial charge in [-0.25, -0.2) is 4.39 Å². The minimum absolute atomic E-state index is 0.0152. The maximum absolute atomic E-state index is 14.5. The highest BCUT2D eigenvalue weighted by Crippen LogP contribution is 2.22. The van der Waals surface area contributed by atoms with Gasteiger partial charge in [0.2, 0.25) is 0 Å². The Labute approximate surface area is 181 Å². The van der Waals surface area contributed by atoms with Crippen molar-refractivity contribution in [2.24, 2.45) is 0 Å². The van der Waals surface area contributed by atoms with E-state index in [1.54, 1.807) is 35.2 Å². The fourth-order valence-electron chi connectivity index (χ4n) is 3.47. The van der Waals surface area contributed by atoms with Crippen molar-refractivity contribution in [3.05, 3.63) is 77.3 Å². The lowest BCUT2D eigenvalue weighted by Gasteiger charge is -2.25. The van der Waals surface area contributed by atoms with Gasteiger partial charge in [-0.05, 0) is 62.2 Å². The van der Waals surface area contributed by atoms with Crippen molar-refractivity contribution >= 4 is 11.5 Å². The molecule has 1 aromatic carbocycles. The van der Waals surface area contributed by atoms with Crippen molar-refractivity contribution in [3.8, 4) is 0 Å². The molecule has 31 heavy (non-hydrogen) atoms. The van der Waals surface area contributed by atoms with E-state index >= 15 is 0 Å². The predicted octanol–water partition coefficient (Wildman–Crippen LogP) is 2.86. The average Bonchev–Trinajstić information content (AvgIpc) is 3.22. The van der Waals surface area contributed by atoms with Crippen LogP contribution in [0.25, 0.3) is 5.57 Å². The SMILES string of the molecule is C=C(/C=C\C=C(/C)c1nncn1C(C)CO)NC(=O)c1cc2c(cc1F)CCN(C)C2. The zero-order chi connectivity index (χ0) is 22.5. The summed E-state index contributed by atoms with van der Waals surface area (Å²) < 4.78 is 16.2. The zero-order valence-electron chi connectivity index (χ0n) is 18.1. The highest BCUT2D eigenvalue weighted by Gasteiger charge is 2.19. The van der Waals surface area contributed by atoms with E-state index in [9.17, 15) is 14.3 Å². The van der Waals surface area contributed by atoms with E-state index in [2.05, 4.69) is 27.0 Å². The highest BCUT2D eigenvalue weighted by molar-refractivity contribution is 5.96. The standard InChI is InChI=1S/C23H28FN5O2/c1-15(22-27-25-14-29(22)17(3)13-30)6-5-7-16(2)26-23(31)20-10-19-12-28(4)9-8-18(19)11-21(20)24/h5-7,10-11,14,17,30H,2,8-9,12-13H2,1,3-4H3,(H,26,31)/b7-5-,15-6+. The summed E-state index contributed by atoms with van der Waals surface area (Å²) in [5.41, 5.74) is 3.11. The van der Waals surface area contributed by atoms with Gasteiger partial charge in [0.1, 0.15) is 12.1 Å². The number of aliphatic hydroxyl groups excluding tert-OH is 1. The van der Waals surface area contributed by atoms with Crippen molar-refractivity contribution in [1.29, 1.82) is 0 Å². The molecule has 2 heterocycles. The fourth-order valence-corrected chi connectivity index (χ4v) is 3.47. The number of allylic oxidation sites excluding steroid dienone is 4. The lowest BCUT2D eigenvalue weighted by molar-refractivity contribution is 0.0963. The highest BCUT2D eigenvalue weighted by atomic mass is 19.1. The largest absolute Gasteiger partial charge is 0.394 e. The molecule has 0 radical (unpaired) electrons. The molecule has 0 spiro atoms. The Bertz CT molecular complexity index is 1040. The van der Waals surface area contributed by atoms with Crippen LogP contribution < -0.4 is 5.32 Å². The number of hydrogen-bond acceptors (Lipinski definition) is 5. The number of hydrogen-bond donors (Lipinski definition) is 2. The van der Waals surface area contributed by atoms with Crippen molar-refractivity contribution < 1.29 is 14.3 Å². The van der Waals surface area contributed by atoms with Crippen molar-refractivity contribution in [2.75, 3.05) is 20.2 Å². The molecule has 0 fully saturated rings. The average molecular weight is 426 g/mol. The van der Waals surface area contributed by atoms with Crippen LogP contribution >= 0.6 is 0 Å². The third kappa shape index (κ3) is 5.34. The summed E-state index contributed by atoms with van der Waals surface area (Å²) in [5.74, 6) is -0.409. The summed E-state index contributed by atoms with van der Waals surface area (Å²) >= 11 is 0. The number of aromatic nitrogens is 3. The number of benzene rings is 1. The molecule has 1 unspecified atom stereocenters. The van der Waals surface area contributed by atoms with E-state index in [4.69, 9.17) is 0 Å². The predicted molar refractivity (Wildman–Crippen MR) is 118 cm³/mol. The molecule has 0 aliphatic carbocycles. The fraction of sp³-hybridized carbons (Fsp3) is 0.348. The van der Waals surface area contributed by atoms with Crippen molar-refractivity contribution in [2.45, 2.75) is 32.9 Å². The molecule has 1 aromatic heterocycles. The number of likely N-dealkylation sites (N-methyl/N-ethyl adjacent to an activating group) is 1. The van der Waals surface area contributed by atoms with E-state index in [0.717, 1.165) is 29.7 Å². The Morgan fingerprint density at radius 1 is 1.42 bits per heavy atom. The van der Waals surface area contributed by atoms with Gasteiger partial charge >= 0.3 is 0 Å². The summed E-state index contributed by atoms with van der Waals surface area (Å²) in [5, 5.41) is 20.0. The van der Waals surface area contributed by atoms with Crippen LogP contribution in [0.15, 0.2) is 49.0 Å². The number of nitrogens with one attached hydrogen (secondary N) is 1. The Kier molecular flexibility index (Phi) is 7.14. The summed E-state index contributed by atoms with van der Waals surface area (Å²) in [4.78, 5) is 14.7. The molecule has 2 N–H and O–H groups in total. The Balaban J connectivity index is 1.66. The van der Waals surface area contributed by atoms with Crippen LogP contribution in [0.3, 0.4) is 0 Å². The maximum Gasteiger partial charge on any atom is 0.258 e.